The molecule has 2 heteroatoms. The van der Waals surface area contributed by atoms with E-state index >= 15 is 0 Å². The molecule has 1 N–H and O–H groups in total. The highest BCUT2D eigenvalue weighted by molar-refractivity contribution is 5.35. The lowest BCUT2D eigenvalue weighted by Crippen LogP contribution is -2.44. The van der Waals surface area contributed by atoms with Gasteiger partial charge < -0.3 is 10.1 Å². The number of para-hydroxylation sites is 1. The maximum atomic E-state index is 5.87. The smallest absolute Gasteiger partial charge is 0.122 e. The van der Waals surface area contributed by atoms with Crippen LogP contribution in [0.4, 0.5) is 0 Å². The molecule has 1 aromatic rings. The highest BCUT2D eigenvalue weighted by Gasteiger charge is 2.29. The molecule has 1 aliphatic rings. The van der Waals surface area contributed by atoms with Crippen molar-refractivity contribution in [2.45, 2.75) is 32.7 Å². The molecular weight excluding hydrogens is 210 g/mol. The van der Waals surface area contributed by atoms with Crippen molar-refractivity contribution in [3.63, 3.8) is 0 Å². The number of hydrogen-bond donors (Lipinski definition) is 1. The molecule has 0 radical (unpaired) electrons. The largest absolute Gasteiger partial charge is 0.493 e. The van der Waals surface area contributed by atoms with Crippen molar-refractivity contribution in [2.24, 2.45) is 11.8 Å². The molecule has 0 aliphatic carbocycles. The van der Waals surface area contributed by atoms with Gasteiger partial charge in [-0.1, -0.05) is 38.5 Å². The normalized spacial score (nSPS) is 22.4. The van der Waals surface area contributed by atoms with Crippen LogP contribution < -0.4 is 10.1 Å². The zero-order valence-corrected chi connectivity index (χ0v) is 11.1. The fraction of sp³-hybridized carbons (Fsp3) is 0.600. The summed E-state index contributed by atoms with van der Waals surface area (Å²) in [5, 5.41) is 3.47. The van der Waals surface area contributed by atoms with Crippen LogP contribution in [0.3, 0.4) is 0 Å². The van der Waals surface area contributed by atoms with Crippen molar-refractivity contribution in [1.82, 2.24) is 5.32 Å². The number of nitrogens with one attached hydrogen (secondary N) is 1. The topological polar surface area (TPSA) is 21.3 Å². The monoisotopic (exact) mass is 233 g/mol. The Hall–Kier alpha value is -1.02. The van der Waals surface area contributed by atoms with Crippen LogP contribution in [0, 0.1) is 11.8 Å². The molecule has 2 rings (SSSR count). The molecule has 1 aromatic carbocycles. The summed E-state index contributed by atoms with van der Waals surface area (Å²) >= 11 is 0. The van der Waals surface area contributed by atoms with Gasteiger partial charge in [0.2, 0.25) is 0 Å². The maximum absolute atomic E-state index is 5.87. The zero-order chi connectivity index (χ0) is 12.3. The van der Waals surface area contributed by atoms with Gasteiger partial charge >= 0.3 is 0 Å². The van der Waals surface area contributed by atoms with Gasteiger partial charge in [-0.25, -0.2) is 0 Å². The van der Waals surface area contributed by atoms with Crippen molar-refractivity contribution in [1.29, 1.82) is 0 Å². The van der Waals surface area contributed by atoms with E-state index in [1.54, 1.807) is 0 Å². The van der Waals surface area contributed by atoms with E-state index in [9.17, 15) is 0 Å². The molecule has 3 unspecified atom stereocenters. The Bertz CT molecular complexity index is 364. The van der Waals surface area contributed by atoms with E-state index in [0.717, 1.165) is 18.8 Å². The highest BCUT2D eigenvalue weighted by Crippen LogP contribution is 2.30. The van der Waals surface area contributed by atoms with Gasteiger partial charge in [0.1, 0.15) is 5.75 Å². The molecule has 17 heavy (non-hydrogen) atoms. The zero-order valence-electron chi connectivity index (χ0n) is 11.1. The number of ether oxygens (including phenoxy) is 1. The summed E-state index contributed by atoms with van der Waals surface area (Å²) in [5.41, 5.74) is 1.35. The minimum atomic E-state index is 0.549. The van der Waals surface area contributed by atoms with Crippen LogP contribution in [0.25, 0.3) is 0 Å². The van der Waals surface area contributed by atoms with Gasteiger partial charge in [0.05, 0.1) is 6.61 Å². The standard InChI is InChI=1S/C15H23NO/c1-4-11(2)15(16-3)13-9-12-7-5-6-8-14(12)17-10-13/h5-8,11,13,15-16H,4,9-10H2,1-3H3. The minimum absolute atomic E-state index is 0.549. The Morgan fingerprint density at radius 3 is 2.88 bits per heavy atom. The first kappa shape index (κ1) is 12.4. The van der Waals surface area contributed by atoms with Crippen LogP contribution >= 0.6 is 0 Å². The second kappa shape index (κ2) is 5.54. The number of hydrogen-bond acceptors (Lipinski definition) is 2. The predicted octanol–water partition coefficient (Wildman–Crippen LogP) is 2.87. The molecule has 0 saturated carbocycles. The van der Waals surface area contributed by atoms with Crippen molar-refractivity contribution >= 4 is 0 Å². The van der Waals surface area contributed by atoms with E-state index in [1.165, 1.54) is 12.0 Å². The Morgan fingerprint density at radius 2 is 2.18 bits per heavy atom. The van der Waals surface area contributed by atoms with Crippen LogP contribution in [0.5, 0.6) is 5.75 Å². The molecule has 0 amide bonds. The SMILES string of the molecule is CCC(C)C(NC)C1COc2ccccc2C1. The van der Waals surface area contributed by atoms with Crippen LogP contribution in [0.1, 0.15) is 25.8 Å². The van der Waals surface area contributed by atoms with Gasteiger partial charge in [0, 0.05) is 12.0 Å². The quantitative estimate of drug-likeness (QED) is 0.863. The number of rotatable bonds is 4. The fourth-order valence-corrected chi connectivity index (χ4v) is 2.82. The summed E-state index contributed by atoms with van der Waals surface area (Å²) in [6.07, 6.45) is 2.34. The van der Waals surface area contributed by atoms with E-state index in [2.05, 4.69) is 44.4 Å². The van der Waals surface area contributed by atoms with Crippen molar-refractivity contribution in [3.05, 3.63) is 29.8 Å². The van der Waals surface area contributed by atoms with Gasteiger partial charge in [-0.3, -0.25) is 0 Å². The van der Waals surface area contributed by atoms with Crippen LogP contribution in [-0.2, 0) is 6.42 Å². The number of fused-ring (bicyclic) bond motifs is 1. The van der Waals surface area contributed by atoms with Crippen LogP contribution in [0.15, 0.2) is 24.3 Å². The van der Waals surface area contributed by atoms with Crippen LogP contribution in [0.2, 0.25) is 0 Å². The summed E-state index contributed by atoms with van der Waals surface area (Å²) in [5.74, 6) is 2.35. The number of benzene rings is 1. The van der Waals surface area contributed by atoms with Gasteiger partial charge in [-0.2, -0.15) is 0 Å². The lowest BCUT2D eigenvalue weighted by atomic mass is 9.83. The van der Waals surface area contributed by atoms with E-state index in [1.807, 2.05) is 6.07 Å². The Morgan fingerprint density at radius 1 is 1.41 bits per heavy atom. The van der Waals surface area contributed by atoms with Gasteiger partial charge in [0.25, 0.3) is 0 Å². The van der Waals surface area contributed by atoms with Gasteiger partial charge in [-0.15, -0.1) is 0 Å². The average Bonchev–Trinajstić information content (AvgIpc) is 2.39. The van der Waals surface area contributed by atoms with Gasteiger partial charge in [0.15, 0.2) is 0 Å². The molecular formula is C15H23NO. The highest BCUT2D eigenvalue weighted by atomic mass is 16.5. The molecule has 1 heterocycles. The second-order valence-electron chi connectivity index (χ2n) is 5.08. The molecule has 1 aliphatic heterocycles. The molecule has 2 nitrogen and oxygen atoms in total. The molecule has 94 valence electrons. The summed E-state index contributed by atoms with van der Waals surface area (Å²) in [7, 11) is 2.07. The molecule has 0 spiro atoms. The van der Waals surface area contributed by atoms with Crippen molar-refractivity contribution in [2.75, 3.05) is 13.7 Å². The van der Waals surface area contributed by atoms with Crippen LogP contribution in [-0.4, -0.2) is 19.7 Å². The van der Waals surface area contributed by atoms with E-state index in [-0.39, 0.29) is 0 Å². The maximum Gasteiger partial charge on any atom is 0.122 e. The lowest BCUT2D eigenvalue weighted by molar-refractivity contribution is 0.160. The molecule has 0 saturated heterocycles. The first-order valence-electron chi connectivity index (χ1n) is 6.64. The lowest BCUT2D eigenvalue weighted by Gasteiger charge is -2.34. The summed E-state index contributed by atoms with van der Waals surface area (Å²) in [4.78, 5) is 0. The molecule has 0 fully saturated rings. The molecule has 3 atom stereocenters. The summed E-state index contributed by atoms with van der Waals surface area (Å²) in [6, 6.07) is 8.95. The van der Waals surface area contributed by atoms with Crippen molar-refractivity contribution < 1.29 is 4.74 Å². The van der Waals surface area contributed by atoms with E-state index in [0.29, 0.717) is 17.9 Å². The van der Waals surface area contributed by atoms with Crippen molar-refractivity contribution in [3.8, 4) is 5.75 Å². The third-order valence-corrected chi connectivity index (χ3v) is 4.01. The fourth-order valence-electron chi connectivity index (χ4n) is 2.82. The van der Waals surface area contributed by atoms with Gasteiger partial charge in [-0.05, 0) is 31.0 Å². The third-order valence-electron chi connectivity index (χ3n) is 4.01. The second-order valence-corrected chi connectivity index (χ2v) is 5.08. The Balaban J connectivity index is 2.10. The predicted molar refractivity (Wildman–Crippen MR) is 71.4 cm³/mol. The first-order chi connectivity index (χ1) is 8.26. The van der Waals surface area contributed by atoms with E-state index in [4.69, 9.17) is 4.74 Å². The minimum Gasteiger partial charge on any atom is -0.493 e. The third kappa shape index (κ3) is 2.63. The van der Waals surface area contributed by atoms with E-state index < -0.39 is 0 Å². The Labute approximate surface area is 104 Å². The summed E-state index contributed by atoms with van der Waals surface area (Å²) < 4.78 is 5.87. The molecule has 0 aromatic heterocycles. The average molecular weight is 233 g/mol. The first-order valence-corrected chi connectivity index (χ1v) is 6.64. The molecule has 0 bridgehead atoms. The Kier molecular flexibility index (Phi) is 4.06. The summed E-state index contributed by atoms with van der Waals surface area (Å²) in [6.45, 7) is 5.42.